The standard InChI is InChI=1S/C10H11N3O2/c14-10(15)12-4-1-7-5-13-9-2-3-11-6-8(7)9/h2-3,5-6,12-13H,1,4H2,(H,14,15). The lowest BCUT2D eigenvalue weighted by Crippen LogP contribution is -2.23. The molecule has 0 unspecified atom stereocenters. The fourth-order valence-corrected chi connectivity index (χ4v) is 1.53. The van der Waals surface area contributed by atoms with E-state index < -0.39 is 6.09 Å². The van der Waals surface area contributed by atoms with Crippen molar-refractivity contribution in [3.8, 4) is 0 Å². The summed E-state index contributed by atoms with van der Waals surface area (Å²) in [5, 5.41) is 11.8. The molecule has 0 aliphatic rings. The minimum atomic E-state index is -0.993. The number of hydrogen-bond donors (Lipinski definition) is 3. The molecular weight excluding hydrogens is 194 g/mol. The summed E-state index contributed by atoms with van der Waals surface area (Å²) >= 11 is 0. The van der Waals surface area contributed by atoms with Crippen LogP contribution in [0.4, 0.5) is 4.79 Å². The Bertz CT molecular complexity index is 478. The third-order valence-corrected chi connectivity index (χ3v) is 2.24. The minimum absolute atomic E-state index is 0.414. The second kappa shape index (κ2) is 4.00. The van der Waals surface area contributed by atoms with Crippen molar-refractivity contribution in [2.75, 3.05) is 6.54 Å². The maximum Gasteiger partial charge on any atom is 0.404 e. The van der Waals surface area contributed by atoms with Crippen LogP contribution < -0.4 is 5.32 Å². The molecule has 0 aliphatic heterocycles. The van der Waals surface area contributed by atoms with E-state index in [1.165, 1.54) is 0 Å². The van der Waals surface area contributed by atoms with Gasteiger partial charge >= 0.3 is 6.09 Å². The van der Waals surface area contributed by atoms with Crippen LogP contribution in [0.1, 0.15) is 5.56 Å². The van der Waals surface area contributed by atoms with E-state index in [0.29, 0.717) is 13.0 Å². The highest BCUT2D eigenvalue weighted by molar-refractivity contribution is 5.82. The van der Waals surface area contributed by atoms with Crippen LogP contribution in [0.3, 0.4) is 0 Å². The second-order valence-corrected chi connectivity index (χ2v) is 3.22. The Hall–Kier alpha value is -2.04. The Morgan fingerprint density at radius 1 is 1.60 bits per heavy atom. The summed E-state index contributed by atoms with van der Waals surface area (Å²) in [6.45, 7) is 0.414. The van der Waals surface area contributed by atoms with Gasteiger partial charge in [-0.15, -0.1) is 0 Å². The molecule has 0 spiro atoms. The molecular formula is C10H11N3O2. The third kappa shape index (κ3) is 2.07. The number of aromatic amines is 1. The highest BCUT2D eigenvalue weighted by atomic mass is 16.4. The first-order valence-electron chi connectivity index (χ1n) is 4.64. The fraction of sp³-hybridized carbons (Fsp3) is 0.200. The Balaban J connectivity index is 2.11. The number of pyridine rings is 1. The highest BCUT2D eigenvalue weighted by Gasteiger charge is 2.03. The lowest BCUT2D eigenvalue weighted by molar-refractivity contribution is 0.194. The fourth-order valence-electron chi connectivity index (χ4n) is 1.53. The molecule has 2 heterocycles. The van der Waals surface area contributed by atoms with E-state index in [1.807, 2.05) is 12.3 Å². The lowest BCUT2D eigenvalue weighted by atomic mass is 10.1. The van der Waals surface area contributed by atoms with Crippen LogP contribution in [-0.4, -0.2) is 27.7 Å². The summed E-state index contributed by atoms with van der Waals surface area (Å²) in [4.78, 5) is 17.4. The summed E-state index contributed by atoms with van der Waals surface area (Å²) in [7, 11) is 0. The van der Waals surface area contributed by atoms with Crippen molar-refractivity contribution in [3.05, 3.63) is 30.2 Å². The Kier molecular flexibility index (Phi) is 2.53. The Morgan fingerprint density at radius 2 is 2.47 bits per heavy atom. The number of hydrogen-bond acceptors (Lipinski definition) is 2. The van der Waals surface area contributed by atoms with Crippen molar-refractivity contribution in [3.63, 3.8) is 0 Å². The molecule has 0 saturated carbocycles. The van der Waals surface area contributed by atoms with E-state index in [0.717, 1.165) is 16.5 Å². The summed E-state index contributed by atoms with van der Waals surface area (Å²) in [6, 6.07) is 1.89. The zero-order valence-electron chi connectivity index (χ0n) is 8.03. The van der Waals surface area contributed by atoms with E-state index in [1.54, 1.807) is 12.4 Å². The largest absolute Gasteiger partial charge is 0.465 e. The first kappa shape index (κ1) is 9.51. The maximum absolute atomic E-state index is 10.3. The molecule has 2 aromatic rings. The summed E-state index contributed by atoms with van der Waals surface area (Å²) in [5.41, 5.74) is 2.10. The topological polar surface area (TPSA) is 78.0 Å². The number of carbonyl (C=O) groups is 1. The van der Waals surface area contributed by atoms with Crippen LogP contribution in [0.15, 0.2) is 24.7 Å². The Morgan fingerprint density at radius 3 is 3.27 bits per heavy atom. The van der Waals surface area contributed by atoms with Gasteiger partial charge < -0.3 is 15.4 Å². The quantitative estimate of drug-likeness (QED) is 0.708. The predicted molar refractivity (Wildman–Crippen MR) is 55.8 cm³/mol. The van der Waals surface area contributed by atoms with Crippen LogP contribution in [0, 0.1) is 0 Å². The summed E-state index contributed by atoms with van der Waals surface area (Å²) in [6.07, 6.45) is 5.06. The third-order valence-electron chi connectivity index (χ3n) is 2.24. The molecule has 2 rings (SSSR count). The molecule has 5 heteroatoms. The van der Waals surface area contributed by atoms with Gasteiger partial charge in [-0.1, -0.05) is 0 Å². The monoisotopic (exact) mass is 205 g/mol. The van der Waals surface area contributed by atoms with Crippen LogP contribution in [0.2, 0.25) is 0 Å². The molecule has 0 aromatic carbocycles. The van der Waals surface area contributed by atoms with Gasteiger partial charge in [-0.2, -0.15) is 0 Å². The van der Waals surface area contributed by atoms with Gasteiger partial charge in [0.25, 0.3) is 0 Å². The second-order valence-electron chi connectivity index (χ2n) is 3.22. The van der Waals surface area contributed by atoms with Gasteiger partial charge in [0, 0.05) is 36.0 Å². The van der Waals surface area contributed by atoms with Gasteiger partial charge in [0.1, 0.15) is 0 Å². The zero-order chi connectivity index (χ0) is 10.7. The van der Waals surface area contributed by atoms with E-state index >= 15 is 0 Å². The maximum atomic E-state index is 10.3. The molecule has 15 heavy (non-hydrogen) atoms. The van der Waals surface area contributed by atoms with Crippen LogP contribution in [0.25, 0.3) is 10.9 Å². The van der Waals surface area contributed by atoms with E-state index in [2.05, 4.69) is 15.3 Å². The Labute approximate surface area is 86.1 Å². The molecule has 2 aromatic heterocycles. The number of rotatable bonds is 3. The van der Waals surface area contributed by atoms with Gasteiger partial charge in [0.05, 0.1) is 0 Å². The van der Waals surface area contributed by atoms with Gasteiger partial charge in [0.2, 0.25) is 0 Å². The highest BCUT2D eigenvalue weighted by Crippen LogP contribution is 2.16. The number of nitrogens with zero attached hydrogens (tertiary/aromatic N) is 1. The number of nitrogens with one attached hydrogen (secondary N) is 2. The number of carboxylic acid groups (broad SMARTS) is 1. The van der Waals surface area contributed by atoms with Crippen LogP contribution in [0.5, 0.6) is 0 Å². The first-order chi connectivity index (χ1) is 7.27. The summed E-state index contributed by atoms with van der Waals surface area (Å²) < 4.78 is 0. The molecule has 5 nitrogen and oxygen atoms in total. The van der Waals surface area contributed by atoms with Crippen molar-refractivity contribution < 1.29 is 9.90 Å². The van der Waals surface area contributed by atoms with Crippen molar-refractivity contribution in [2.45, 2.75) is 6.42 Å². The van der Waals surface area contributed by atoms with E-state index in [9.17, 15) is 4.79 Å². The molecule has 3 N–H and O–H groups in total. The minimum Gasteiger partial charge on any atom is -0.465 e. The van der Waals surface area contributed by atoms with Crippen LogP contribution in [-0.2, 0) is 6.42 Å². The van der Waals surface area contributed by atoms with Crippen molar-refractivity contribution in [2.24, 2.45) is 0 Å². The van der Waals surface area contributed by atoms with Crippen molar-refractivity contribution in [1.29, 1.82) is 0 Å². The number of H-pyrrole nitrogens is 1. The average Bonchev–Trinajstić information content (AvgIpc) is 2.62. The van der Waals surface area contributed by atoms with Crippen molar-refractivity contribution in [1.82, 2.24) is 15.3 Å². The summed E-state index contributed by atoms with van der Waals surface area (Å²) in [5.74, 6) is 0. The predicted octanol–water partition coefficient (Wildman–Crippen LogP) is 1.37. The van der Waals surface area contributed by atoms with Gasteiger partial charge in [-0.3, -0.25) is 4.98 Å². The van der Waals surface area contributed by atoms with Gasteiger partial charge in [-0.25, -0.2) is 4.79 Å². The normalized spacial score (nSPS) is 10.4. The molecule has 0 saturated heterocycles. The molecule has 1 amide bonds. The number of fused-ring (bicyclic) bond motifs is 1. The zero-order valence-corrected chi connectivity index (χ0v) is 8.03. The molecule has 78 valence electrons. The number of aromatic nitrogens is 2. The molecule has 0 bridgehead atoms. The molecule has 0 radical (unpaired) electrons. The van der Waals surface area contributed by atoms with Crippen molar-refractivity contribution >= 4 is 17.0 Å². The lowest BCUT2D eigenvalue weighted by Gasteiger charge is -1.99. The van der Waals surface area contributed by atoms with E-state index in [-0.39, 0.29) is 0 Å². The van der Waals surface area contributed by atoms with E-state index in [4.69, 9.17) is 5.11 Å². The first-order valence-corrected chi connectivity index (χ1v) is 4.64. The van der Waals surface area contributed by atoms with Gasteiger partial charge in [-0.05, 0) is 18.1 Å². The molecule has 0 atom stereocenters. The average molecular weight is 205 g/mol. The number of amides is 1. The SMILES string of the molecule is O=C(O)NCCc1c[nH]c2ccncc12. The van der Waals surface area contributed by atoms with Crippen LogP contribution >= 0.6 is 0 Å². The smallest absolute Gasteiger partial charge is 0.404 e. The van der Waals surface area contributed by atoms with Gasteiger partial charge in [0.15, 0.2) is 0 Å². The molecule has 0 fully saturated rings. The molecule has 0 aliphatic carbocycles.